The van der Waals surface area contributed by atoms with Crippen LogP contribution in [0.5, 0.6) is 5.75 Å². The van der Waals surface area contributed by atoms with Crippen LogP contribution in [-0.2, 0) is 4.79 Å². The number of rotatable bonds is 4. The molecule has 0 amide bonds. The number of nitrogens with zero attached hydrogens (tertiary/aromatic N) is 2. The van der Waals surface area contributed by atoms with Gasteiger partial charge in [0.05, 0.1) is 7.11 Å². The summed E-state index contributed by atoms with van der Waals surface area (Å²) in [7, 11) is 1.62. The van der Waals surface area contributed by atoms with E-state index in [2.05, 4.69) is 10.2 Å². The predicted molar refractivity (Wildman–Crippen MR) is 74.8 cm³/mol. The number of Topliss-reactive ketones (excluding diaryl/α,β-unsaturated/α-hetero) is 1. The van der Waals surface area contributed by atoms with E-state index in [1.54, 1.807) is 7.11 Å². The van der Waals surface area contributed by atoms with E-state index in [1.165, 1.54) is 11.8 Å². The van der Waals surface area contributed by atoms with Gasteiger partial charge in [-0.3, -0.25) is 4.79 Å². The highest BCUT2D eigenvalue weighted by molar-refractivity contribution is 7.99. The molecule has 0 bridgehead atoms. The molecule has 3 rings (SSSR count). The van der Waals surface area contributed by atoms with Gasteiger partial charge in [0.2, 0.25) is 5.89 Å². The summed E-state index contributed by atoms with van der Waals surface area (Å²) in [6, 6.07) is 7.45. The van der Waals surface area contributed by atoms with Gasteiger partial charge < -0.3 is 9.15 Å². The first-order valence-corrected chi connectivity index (χ1v) is 7.29. The molecule has 0 saturated heterocycles. The molecule has 0 spiro atoms. The molecule has 1 atom stereocenters. The first kappa shape index (κ1) is 13.2. The zero-order valence-corrected chi connectivity index (χ0v) is 11.9. The third-order valence-corrected chi connectivity index (χ3v) is 4.31. The Morgan fingerprint density at radius 3 is 2.75 bits per heavy atom. The number of ether oxygens (including phenoxy) is 1. The van der Waals surface area contributed by atoms with E-state index >= 15 is 0 Å². The normalized spacial score (nSPS) is 18.4. The average molecular weight is 290 g/mol. The van der Waals surface area contributed by atoms with Gasteiger partial charge in [-0.15, -0.1) is 10.2 Å². The third kappa shape index (κ3) is 2.85. The second kappa shape index (κ2) is 5.66. The van der Waals surface area contributed by atoms with E-state index < -0.39 is 0 Å². The zero-order valence-electron chi connectivity index (χ0n) is 11.0. The lowest BCUT2D eigenvalue weighted by Crippen LogP contribution is -1.95. The summed E-state index contributed by atoms with van der Waals surface area (Å²) in [6.45, 7) is 0. The van der Waals surface area contributed by atoms with E-state index in [0.29, 0.717) is 29.7 Å². The summed E-state index contributed by atoms with van der Waals surface area (Å²) in [6.07, 6.45) is 2.16. The van der Waals surface area contributed by atoms with Gasteiger partial charge in [0.1, 0.15) is 11.5 Å². The monoisotopic (exact) mass is 290 g/mol. The lowest BCUT2D eigenvalue weighted by Gasteiger charge is -2.02. The van der Waals surface area contributed by atoms with Gasteiger partial charge >= 0.3 is 0 Å². The molecule has 0 aliphatic heterocycles. The molecule has 0 N–H and O–H groups in total. The molecule has 1 saturated carbocycles. The van der Waals surface area contributed by atoms with Gasteiger partial charge in [-0.25, -0.2) is 0 Å². The quantitative estimate of drug-likeness (QED) is 0.862. The molecule has 1 aliphatic carbocycles. The van der Waals surface area contributed by atoms with Crippen LogP contribution < -0.4 is 4.74 Å². The molecule has 1 aromatic carbocycles. The minimum absolute atomic E-state index is 0.270. The molecule has 1 aromatic heterocycles. The van der Waals surface area contributed by atoms with Crippen LogP contribution in [0.25, 0.3) is 11.5 Å². The first-order valence-electron chi connectivity index (χ1n) is 6.41. The number of aromatic nitrogens is 2. The van der Waals surface area contributed by atoms with E-state index in [9.17, 15) is 4.79 Å². The highest BCUT2D eigenvalue weighted by Gasteiger charge is 2.25. The predicted octanol–water partition coefficient (Wildman–Crippen LogP) is 2.96. The highest BCUT2D eigenvalue weighted by Crippen LogP contribution is 2.33. The maximum atomic E-state index is 11.2. The Labute approximate surface area is 120 Å². The number of methoxy groups -OCH3 is 1. The average Bonchev–Trinajstić information content (AvgIpc) is 3.09. The Balaban J connectivity index is 1.70. The Morgan fingerprint density at radius 2 is 2.10 bits per heavy atom. The number of carbonyl (C=O) groups excluding carboxylic acids is 1. The van der Waals surface area contributed by atoms with Gasteiger partial charge in [0.15, 0.2) is 0 Å². The molecule has 2 aromatic rings. The molecule has 5 nitrogen and oxygen atoms in total. The SMILES string of the molecule is COc1ccc(-c2nnc(S[C@@H]3CCC(=O)C3)o2)cc1. The van der Waals surface area contributed by atoms with Gasteiger partial charge in [-0.2, -0.15) is 0 Å². The van der Waals surface area contributed by atoms with Crippen molar-refractivity contribution < 1.29 is 13.9 Å². The minimum Gasteiger partial charge on any atom is -0.497 e. The van der Waals surface area contributed by atoms with Crippen LogP contribution in [0.15, 0.2) is 33.9 Å². The number of thioether (sulfide) groups is 1. The maximum absolute atomic E-state index is 11.2. The Kier molecular flexibility index (Phi) is 3.73. The topological polar surface area (TPSA) is 65.2 Å². The second-order valence-corrected chi connectivity index (χ2v) is 5.87. The van der Waals surface area contributed by atoms with Crippen molar-refractivity contribution in [3.8, 4) is 17.2 Å². The number of hydrogen-bond donors (Lipinski definition) is 0. The van der Waals surface area contributed by atoms with Crippen molar-refractivity contribution in [3.05, 3.63) is 24.3 Å². The van der Waals surface area contributed by atoms with Crippen LogP contribution in [0.4, 0.5) is 0 Å². The number of hydrogen-bond acceptors (Lipinski definition) is 6. The fourth-order valence-electron chi connectivity index (χ4n) is 2.13. The minimum atomic E-state index is 0.270. The van der Waals surface area contributed by atoms with Crippen molar-refractivity contribution in [1.29, 1.82) is 0 Å². The third-order valence-electron chi connectivity index (χ3n) is 3.21. The van der Waals surface area contributed by atoms with Gasteiger partial charge in [-0.1, -0.05) is 11.8 Å². The fourth-order valence-corrected chi connectivity index (χ4v) is 3.14. The molecule has 20 heavy (non-hydrogen) atoms. The van der Waals surface area contributed by atoms with Crippen LogP contribution >= 0.6 is 11.8 Å². The second-order valence-electron chi connectivity index (χ2n) is 4.62. The summed E-state index contributed by atoms with van der Waals surface area (Å²) in [5, 5.41) is 8.86. The highest BCUT2D eigenvalue weighted by atomic mass is 32.2. The van der Waals surface area contributed by atoms with Crippen molar-refractivity contribution in [2.75, 3.05) is 7.11 Å². The van der Waals surface area contributed by atoms with E-state index in [4.69, 9.17) is 9.15 Å². The number of benzene rings is 1. The Hall–Kier alpha value is -1.82. The summed E-state index contributed by atoms with van der Waals surface area (Å²) in [5.74, 6) is 1.59. The van der Waals surface area contributed by atoms with Crippen molar-refractivity contribution in [1.82, 2.24) is 10.2 Å². The van der Waals surface area contributed by atoms with Gasteiger partial charge in [0.25, 0.3) is 5.22 Å². The van der Waals surface area contributed by atoms with Gasteiger partial charge in [-0.05, 0) is 30.7 Å². The summed E-state index contributed by atoms with van der Waals surface area (Å²) < 4.78 is 10.7. The van der Waals surface area contributed by atoms with E-state index in [-0.39, 0.29) is 5.25 Å². The van der Waals surface area contributed by atoms with Crippen LogP contribution in [0.1, 0.15) is 19.3 Å². The standard InChI is InChI=1S/C14H14N2O3S/c1-18-11-5-2-9(3-6-11)13-15-16-14(19-13)20-12-7-4-10(17)8-12/h2-3,5-6,12H,4,7-8H2,1H3/t12-/m1/s1. The maximum Gasteiger partial charge on any atom is 0.277 e. The molecule has 1 fully saturated rings. The largest absolute Gasteiger partial charge is 0.497 e. The van der Waals surface area contributed by atoms with Crippen LogP contribution in [0.2, 0.25) is 0 Å². The lowest BCUT2D eigenvalue weighted by atomic mass is 10.2. The molecule has 0 unspecified atom stereocenters. The molecule has 0 radical (unpaired) electrons. The Morgan fingerprint density at radius 1 is 1.30 bits per heavy atom. The molecular formula is C14H14N2O3S. The zero-order chi connectivity index (χ0) is 13.9. The summed E-state index contributed by atoms with van der Waals surface area (Å²) in [4.78, 5) is 11.2. The first-order chi connectivity index (χ1) is 9.74. The summed E-state index contributed by atoms with van der Waals surface area (Å²) in [5.41, 5.74) is 0.854. The number of carbonyl (C=O) groups is 1. The van der Waals surface area contributed by atoms with Crippen molar-refractivity contribution in [2.24, 2.45) is 0 Å². The fraction of sp³-hybridized carbons (Fsp3) is 0.357. The van der Waals surface area contributed by atoms with Crippen molar-refractivity contribution >= 4 is 17.5 Å². The van der Waals surface area contributed by atoms with Gasteiger partial charge in [0, 0.05) is 23.7 Å². The van der Waals surface area contributed by atoms with Crippen LogP contribution in [0.3, 0.4) is 0 Å². The molecule has 1 aliphatic rings. The van der Waals surface area contributed by atoms with Crippen LogP contribution in [-0.4, -0.2) is 28.3 Å². The molecule has 1 heterocycles. The smallest absolute Gasteiger partial charge is 0.277 e. The van der Waals surface area contributed by atoms with Crippen molar-refractivity contribution in [2.45, 2.75) is 29.7 Å². The molecule has 6 heteroatoms. The molecule has 104 valence electrons. The Bertz CT molecular complexity index is 609. The molecular weight excluding hydrogens is 276 g/mol. The number of ketones is 1. The van der Waals surface area contributed by atoms with E-state index in [0.717, 1.165) is 17.7 Å². The van der Waals surface area contributed by atoms with E-state index in [1.807, 2.05) is 24.3 Å². The summed E-state index contributed by atoms with van der Waals surface area (Å²) >= 11 is 1.49. The lowest BCUT2D eigenvalue weighted by molar-refractivity contribution is -0.117. The van der Waals surface area contributed by atoms with Crippen LogP contribution in [0, 0.1) is 0 Å². The van der Waals surface area contributed by atoms with Crippen molar-refractivity contribution in [3.63, 3.8) is 0 Å².